The maximum Gasteiger partial charge on any atom is 0.118 e. The van der Waals surface area contributed by atoms with E-state index in [4.69, 9.17) is 9.47 Å². The molecule has 1 fully saturated rings. The van der Waals surface area contributed by atoms with E-state index >= 15 is 0 Å². The number of ether oxygens (including phenoxy) is 2. The minimum Gasteiger partial charge on any atom is -0.497 e. The summed E-state index contributed by atoms with van der Waals surface area (Å²) >= 11 is 0. The van der Waals surface area contributed by atoms with E-state index in [1.165, 1.54) is 18.4 Å². The predicted molar refractivity (Wildman–Crippen MR) is 73.1 cm³/mol. The highest BCUT2D eigenvalue weighted by atomic mass is 16.5. The van der Waals surface area contributed by atoms with Crippen molar-refractivity contribution < 1.29 is 9.47 Å². The van der Waals surface area contributed by atoms with Crippen molar-refractivity contribution in [2.75, 3.05) is 20.3 Å². The first-order valence-electron chi connectivity index (χ1n) is 6.74. The molecule has 1 aliphatic rings. The topological polar surface area (TPSA) is 30.5 Å². The third-order valence-electron chi connectivity index (χ3n) is 3.38. The van der Waals surface area contributed by atoms with Crippen LogP contribution < -0.4 is 10.1 Å². The lowest BCUT2D eigenvalue weighted by Crippen LogP contribution is -2.42. The van der Waals surface area contributed by atoms with Crippen LogP contribution >= 0.6 is 0 Å². The second-order valence-corrected chi connectivity index (χ2v) is 5.03. The molecule has 1 heterocycles. The Bertz CT molecular complexity index is 344. The molecular weight excluding hydrogens is 226 g/mol. The molecule has 1 aromatic carbocycles. The lowest BCUT2D eigenvalue weighted by Gasteiger charge is -2.26. The molecule has 3 nitrogen and oxygen atoms in total. The summed E-state index contributed by atoms with van der Waals surface area (Å²) in [6.45, 7) is 4.01. The van der Waals surface area contributed by atoms with Crippen LogP contribution in [0.15, 0.2) is 24.3 Å². The summed E-state index contributed by atoms with van der Waals surface area (Å²) < 4.78 is 10.6. The Balaban J connectivity index is 1.80. The van der Waals surface area contributed by atoms with E-state index in [0.717, 1.165) is 25.4 Å². The summed E-state index contributed by atoms with van der Waals surface area (Å²) in [6.07, 6.45) is 3.44. The van der Waals surface area contributed by atoms with Gasteiger partial charge in [0.05, 0.1) is 13.7 Å². The fourth-order valence-electron chi connectivity index (χ4n) is 2.45. The molecule has 3 heteroatoms. The van der Waals surface area contributed by atoms with E-state index in [2.05, 4.69) is 24.4 Å². The molecule has 1 N–H and O–H groups in total. The molecule has 0 saturated carbocycles. The summed E-state index contributed by atoms with van der Waals surface area (Å²) in [7, 11) is 1.70. The highest BCUT2D eigenvalue weighted by Gasteiger charge is 2.15. The molecule has 18 heavy (non-hydrogen) atoms. The molecule has 1 aromatic rings. The number of hydrogen-bond acceptors (Lipinski definition) is 3. The first-order chi connectivity index (χ1) is 8.78. The fourth-order valence-corrected chi connectivity index (χ4v) is 2.45. The van der Waals surface area contributed by atoms with E-state index < -0.39 is 0 Å². The van der Waals surface area contributed by atoms with Crippen LogP contribution in [0.5, 0.6) is 5.75 Å². The van der Waals surface area contributed by atoms with Crippen molar-refractivity contribution in [3.8, 4) is 5.75 Å². The maximum absolute atomic E-state index is 5.48. The Hall–Kier alpha value is -1.06. The molecular formula is C15H23NO2. The Morgan fingerprint density at radius 3 is 2.78 bits per heavy atom. The van der Waals surface area contributed by atoms with Gasteiger partial charge < -0.3 is 14.8 Å². The summed E-state index contributed by atoms with van der Waals surface area (Å²) in [5.74, 6) is 0.917. The van der Waals surface area contributed by atoms with E-state index in [9.17, 15) is 0 Å². The average molecular weight is 249 g/mol. The molecule has 0 spiro atoms. The van der Waals surface area contributed by atoms with E-state index in [1.54, 1.807) is 7.11 Å². The van der Waals surface area contributed by atoms with Crippen molar-refractivity contribution >= 4 is 0 Å². The summed E-state index contributed by atoms with van der Waals surface area (Å²) in [4.78, 5) is 0. The zero-order valence-corrected chi connectivity index (χ0v) is 11.3. The molecule has 1 aliphatic heterocycles. The fraction of sp³-hybridized carbons (Fsp3) is 0.600. The van der Waals surface area contributed by atoms with Crippen LogP contribution in [0.3, 0.4) is 0 Å². The average Bonchev–Trinajstić information content (AvgIpc) is 2.40. The van der Waals surface area contributed by atoms with Gasteiger partial charge in [-0.3, -0.25) is 0 Å². The lowest BCUT2D eigenvalue weighted by atomic mass is 10.0. The largest absolute Gasteiger partial charge is 0.497 e. The zero-order valence-electron chi connectivity index (χ0n) is 11.3. The Labute approximate surface area is 109 Å². The molecule has 2 rings (SSSR count). The van der Waals surface area contributed by atoms with Crippen LogP contribution in [0.2, 0.25) is 0 Å². The van der Waals surface area contributed by atoms with E-state index in [1.807, 2.05) is 12.1 Å². The Morgan fingerprint density at radius 2 is 2.17 bits per heavy atom. The van der Waals surface area contributed by atoms with E-state index in [0.29, 0.717) is 12.1 Å². The van der Waals surface area contributed by atoms with Crippen LogP contribution in [0.4, 0.5) is 0 Å². The van der Waals surface area contributed by atoms with Gasteiger partial charge in [-0.05, 0) is 43.9 Å². The molecule has 2 atom stereocenters. The minimum atomic E-state index is 0.477. The van der Waals surface area contributed by atoms with Gasteiger partial charge in [0.25, 0.3) is 0 Å². The van der Waals surface area contributed by atoms with Gasteiger partial charge in [0.1, 0.15) is 5.75 Å². The second kappa shape index (κ2) is 6.76. The van der Waals surface area contributed by atoms with Gasteiger partial charge in [-0.15, -0.1) is 0 Å². The van der Waals surface area contributed by atoms with Crippen molar-refractivity contribution in [2.45, 2.75) is 38.3 Å². The number of methoxy groups -OCH3 is 1. The van der Waals surface area contributed by atoms with Gasteiger partial charge in [-0.1, -0.05) is 12.1 Å². The molecule has 2 unspecified atom stereocenters. The number of benzene rings is 1. The first-order valence-corrected chi connectivity index (χ1v) is 6.74. The van der Waals surface area contributed by atoms with Crippen molar-refractivity contribution in [2.24, 2.45) is 0 Å². The number of rotatable bonds is 5. The molecule has 0 radical (unpaired) electrons. The highest BCUT2D eigenvalue weighted by molar-refractivity contribution is 5.27. The molecule has 0 amide bonds. The van der Waals surface area contributed by atoms with Gasteiger partial charge >= 0.3 is 0 Å². The first kappa shape index (κ1) is 13.4. The van der Waals surface area contributed by atoms with Crippen LogP contribution in [0.25, 0.3) is 0 Å². The van der Waals surface area contributed by atoms with Crippen molar-refractivity contribution in [3.63, 3.8) is 0 Å². The van der Waals surface area contributed by atoms with Crippen molar-refractivity contribution in [3.05, 3.63) is 29.8 Å². The van der Waals surface area contributed by atoms with Crippen LogP contribution in [0.1, 0.15) is 25.3 Å². The van der Waals surface area contributed by atoms with E-state index in [-0.39, 0.29) is 0 Å². The van der Waals surface area contributed by atoms with Crippen molar-refractivity contribution in [1.82, 2.24) is 5.32 Å². The number of nitrogens with one attached hydrogen (secondary N) is 1. The third-order valence-corrected chi connectivity index (χ3v) is 3.38. The Kier molecular flexibility index (Phi) is 5.02. The third kappa shape index (κ3) is 4.00. The van der Waals surface area contributed by atoms with Gasteiger partial charge in [0.15, 0.2) is 0 Å². The predicted octanol–water partition coefficient (Wildman–Crippen LogP) is 2.39. The summed E-state index contributed by atoms with van der Waals surface area (Å²) in [6, 6.07) is 9.30. The molecule has 0 aromatic heterocycles. The molecule has 1 saturated heterocycles. The quantitative estimate of drug-likeness (QED) is 0.869. The van der Waals surface area contributed by atoms with Crippen LogP contribution in [-0.2, 0) is 11.2 Å². The minimum absolute atomic E-state index is 0.477. The van der Waals surface area contributed by atoms with Gasteiger partial charge in [0.2, 0.25) is 0 Å². The SMILES string of the molecule is COc1ccc(CC(C)NC2CCCOC2)cc1. The smallest absolute Gasteiger partial charge is 0.118 e. The zero-order chi connectivity index (χ0) is 12.8. The van der Waals surface area contributed by atoms with Crippen LogP contribution in [-0.4, -0.2) is 32.4 Å². The molecule has 0 aliphatic carbocycles. The maximum atomic E-state index is 5.48. The van der Waals surface area contributed by atoms with Gasteiger partial charge in [-0.25, -0.2) is 0 Å². The Morgan fingerprint density at radius 1 is 1.39 bits per heavy atom. The normalized spacial score (nSPS) is 21.6. The molecule has 100 valence electrons. The monoisotopic (exact) mass is 249 g/mol. The van der Waals surface area contributed by atoms with Crippen LogP contribution in [0, 0.1) is 0 Å². The highest BCUT2D eigenvalue weighted by Crippen LogP contribution is 2.13. The molecule has 0 bridgehead atoms. The number of hydrogen-bond donors (Lipinski definition) is 1. The standard InChI is InChI=1S/C15H23NO2/c1-12(16-14-4-3-9-18-11-14)10-13-5-7-15(17-2)8-6-13/h5-8,12,14,16H,3-4,9-11H2,1-2H3. The summed E-state index contributed by atoms with van der Waals surface area (Å²) in [5.41, 5.74) is 1.34. The second-order valence-electron chi connectivity index (χ2n) is 5.03. The lowest BCUT2D eigenvalue weighted by molar-refractivity contribution is 0.0671. The van der Waals surface area contributed by atoms with Gasteiger partial charge in [0, 0.05) is 18.7 Å². The van der Waals surface area contributed by atoms with Gasteiger partial charge in [-0.2, -0.15) is 0 Å². The van der Waals surface area contributed by atoms with Crippen molar-refractivity contribution in [1.29, 1.82) is 0 Å². The summed E-state index contributed by atoms with van der Waals surface area (Å²) in [5, 5.41) is 3.64.